The molecule has 1 aliphatic rings. The van der Waals surface area contributed by atoms with Crippen LogP contribution >= 0.6 is 0 Å². The molecule has 0 spiro atoms. The Kier molecular flexibility index (Phi) is 3.13. The largest absolute Gasteiger partial charge is 0.324 e. The quantitative estimate of drug-likeness (QED) is 0.677. The van der Waals surface area contributed by atoms with Crippen LogP contribution in [0.25, 0.3) is 0 Å². The van der Waals surface area contributed by atoms with E-state index in [0.717, 1.165) is 12.5 Å². The van der Waals surface area contributed by atoms with Gasteiger partial charge in [-0.1, -0.05) is 20.3 Å². The van der Waals surface area contributed by atoms with Gasteiger partial charge in [0.25, 0.3) is 0 Å². The van der Waals surface area contributed by atoms with Gasteiger partial charge in [0.2, 0.25) is 0 Å². The Bertz CT molecular complexity index is 141. The summed E-state index contributed by atoms with van der Waals surface area (Å²) >= 11 is 0. The van der Waals surface area contributed by atoms with Gasteiger partial charge in [-0.3, -0.25) is 0 Å². The number of nitrogens with two attached hydrogens (primary N) is 1. The zero-order valence-corrected chi connectivity index (χ0v) is 8.64. The molecule has 2 heteroatoms. The highest BCUT2D eigenvalue weighted by atomic mass is 15.1. The van der Waals surface area contributed by atoms with Gasteiger partial charge in [-0.05, 0) is 25.8 Å². The molecule has 0 saturated heterocycles. The first-order chi connectivity index (χ1) is 5.56. The summed E-state index contributed by atoms with van der Waals surface area (Å²) in [4.78, 5) is 2.38. The van der Waals surface area contributed by atoms with Gasteiger partial charge in [0, 0.05) is 18.6 Å². The second kappa shape index (κ2) is 3.75. The first-order valence-electron chi connectivity index (χ1n) is 5.03. The molecule has 0 aliphatic heterocycles. The molecular formula is C10H22N2. The van der Waals surface area contributed by atoms with Crippen molar-refractivity contribution >= 4 is 0 Å². The molecule has 1 rings (SSSR count). The molecule has 0 radical (unpaired) electrons. The monoisotopic (exact) mass is 170 g/mol. The summed E-state index contributed by atoms with van der Waals surface area (Å²) in [6, 6.07) is 0. The van der Waals surface area contributed by atoms with Crippen LogP contribution in [0, 0.1) is 5.92 Å². The van der Waals surface area contributed by atoms with E-state index in [2.05, 4.69) is 25.8 Å². The Labute approximate surface area is 76.1 Å². The van der Waals surface area contributed by atoms with Crippen molar-refractivity contribution in [3.63, 3.8) is 0 Å². The van der Waals surface area contributed by atoms with E-state index in [1.807, 2.05) is 0 Å². The molecule has 2 N–H and O–H groups in total. The Morgan fingerprint density at radius 1 is 1.50 bits per heavy atom. The minimum atomic E-state index is 0.183. The zero-order valence-electron chi connectivity index (χ0n) is 8.64. The van der Waals surface area contributed by atoms with Crippen molar-refractivity contribution in [3.05, 3.63) is 0 Å². The van der Waals surface area contributed by atoms with Gasteiger partial charge < -0.3 is 10.6 Å². The van der Waals surface area contributed by atoms with E-state index in [4.69, 9.17) is 5.73 Å². The van der Waals surface area contributed by atoms with Crippen LogP contribution in [0.2, 0.25) is 0 Å². The zero-order chi connectivity index (χ0) is 9.19. The van der Waals surface area contributed by atoms with Crippen molar-refractivity contribution in [2.45, 2.75) is 38.6 Å². The maximum absolute atomic E-state index is 6.02. The molecule has 1 fully saturated rings. The third-order valence-corrected chi connectivity index (χ3v) is 2.80. The van der Waals surface area contributed by atoms with Crippen LogP contribution in [0.1, 0.15) is 33.1 Å². The topological polar surface area (TPSA) is 29.3 Å². The molecule has 2 nitrogen and oxygen atoms in total. The molecule has 0 bridgehead atoms. The average molecular weight is 170 g/mol. The van der Waals surface area contributed by atoms with Gasteiger partial charge in [0.1, 0.15) is 0 Å². The van der Waals surface area contributed by atoms with Crippen molar-refractivity contribution in [1.82, 2.24) is 4.90 Å². The van der Waals surface area contributed by atoms with Gasteiger partial charge >= 0.3 is 0 Å². The third-order valence-electron chi connectivity index (χ3n) is 2.80. The SMILES string of the molecule is CCC(C)CN(C)CC1(N)CC1. The van der Waals surface area contributed by atoms with Crippen LogP contribution in [0.15, 0.2) is 0 Å². The highest BCUT2D eigenvalue weighted by Gasteiger charge is 2.38. The van der Waals surface area contributed by atoms with Gasteiger partial charge in [-0.25, -0.2) is 0 Å². The molecule has 0 amide bonds. The van der Waals surface area contributed by atoms with Crippen molar-refractivity contribution in [2.75, 3.05) is 20.1 Å². The van der Waals surface area contributed by atoms with E-state index >= 15 is 0 Å². The van der Waals surface area contributed by atoms with Gasteiger partial charge in [0.05, 0.1) is 0 Å². The minimum Gasteiger partial charge on any atom is -0.324 e. The lowest BCUT2D eigenvalue weighted by Crippen LogP contribution is -2.38. The van der Waals surface area contributed by atoms with Crippen molar-refractivity contribution in [3.8, 4) is 0 Å². The summed E-state index contributed by atoms with van der Waals surface area (Å²) in [5.41, 5.74) is 6.21. The lowest BCUT2D eigenvalue weighted by molar-refractivity contribution is 0.260. The lowest BCUT2D eigenvalue weighted by atomic mass is 10.1. The minimum absolute atomic E-state index is 0.183. The predicted molar refractivity (Wildman–Crippen MR) is 53.1 cm³/mol. The highest BCUT2D eigenvalue weighted by Crippen LogP contribution is 2.32. The Morgan fingerprint density at radius 3 is 2.50 bits per heavy atom. The van der Waals surface area contributed by atoms with E-state index in [1.54, 1.807) is 0 Å². The molecule has 1 atom stereocenters. The van der Waals surface area contributed by atoms with Gasteiger partial charge in [-0.15, -0.1) is 0 Å². The molecule has 1 aliphatic carbocycles. The van der Waals surface area contributed by atoms with Gasteiger partial charge in [0.15, 0.2) is 0 Å². The third kappa shape index (κ3) is 3.11. The predicted octanol–water partition coefficient (Wildman–Crippen LogP) is 1.46. The summed E-state index contributed by atoms with van der Waals surface area (Å²) in [5, 5.41) is 0. The molecule has 1 saturated carbocycles. The molecule has 72 valence electrons. The molecule has 0 aromatic heterocycles. The van der Waals surface area contributed by atoms with Crippen LogP contribution in [0.3, 0.4) is 0 Å². The van der Waals surface area contributed by atoms with Crippen molar-refractivity contribution in [2.24, 2.45) is 11.7 Å². The fourth-order valence-electron chi connectivity index (χ4n) is 1.58. The molecule has 1 unspecified atom stereocenters. The summed E-state index contributed by atoms with van der Waals surface area (Å²) in [5.74, 6) is 0.803. The lowest BCUT2D eigenvalue weighted by Gasteiger charge is -2.23. The molecule has 12 heavy (non-hydrogen) atoms. The Morgan fingerprint density at radius 2 is 2.08 bits per heavy atom. The van der Waals surface area contributed by atoms with E-state index in [9.17, 15) is 0 Å². The molecule has 0 aromatic carbocycles. The van der Waals surface area contributed by atoms with Crippen LogP contribution in [0.4, 0.5) is 0 Å². The van der Waals surface area contributed by atoms with E-state index in [1.165, 1.54) is 25.8 Å². The standard InChI is InChI=1S/C10H22N2/c1-4-9(2)7-12(3)8-10(11)5-6-10/h9H,4-8,11H2,1-3H3. The Balaban J connectivity index is 2.15. The normalized spacial score (nSPS) is 22.8. The number of hydrogen-bond donors (Lipinski definition) is 1. The number of nitrogens with zero attached hydrogens (tertiary/aromatic N) is 1. The summed E-state index contributed by atoms with van der Waals surface area (Å²) in [7, 11) is 2.18. The smallest absolute Gasteiger partial charge is 0.0284 e. The highest BCUT2D eigenvalue weighted by molar-refractivity contribution is 5.00. The van der Waals surface area contributed by atoms with E-state index in [0.29, 0.717) is 0 Å². The second-order valence-corrected chi connectivity index (χ2v) is 4.57. The van der Waals surface area contributed by atoms with Crippen molar-refractivity contribution in [1.29, 1.82) is 0 Å². The second-order valence-electron chi connectivity index (χ2n) is 4.57. The number of hydrogen-bond acceptors (Lipinski definition) is 2. The first kappa shape index (κ1) is 10.0. The molecule has 0 aromatic rings. The summed E-state index contributed by atoms with van der Waals surface area (Å²) in [6.45, 7) is 6.81. The molecule has 0 heterocycles. The first-order valence-corrected chi connectivity index (χ1v) is 5.03. The van der Waals surface area contributed by atoms with Crippen LogP contribution in [-0.2, 0) is 0 Å². The van der Waals surface area contributed by atoms with E-state index in [-0.39, 0.29) is 5.54 Å². The Hall–Kier alpha value is -0.0800. The maximum Gasteiger partial charge on any atom is 0.0284 e. The van der Waals surface area contributed by atoms with Gasteiger partial charge in [-0.2, -0.15) is 0 Å². The van der Waals surface area contributed by atoms with E-state index < -0.39 is 0 Å². The maximum atomic E-state index is 6.02. The number of likely N-dealkylation sites (N-methyl/N-ethyl adjacent to an activating group) is 1. The van der Waals surface area contributed by atoms with Crippen LogP contribution < -0.4 is 5.73 Å². The van der Waals surface area contributed by atoms with Crippen molar-refractivity contribution < 1.29 is 0 Å². The fourth-order valence-corrected chi connectivity index (χ4v) is 1.58. The summed E-state index contributed by atoms with van der Waals surface area (Å²) < 4.78 is 0. The number of rotatable bonds is 5. The van der Waals surface area contributed by atoms with Crippen LogP contribution in [0.5, 0.6) is 0 Å². The average Bonchev–Trinajstić information content (AvgIpc) is 2.67. The summed E-state index contributed by atoms with van der Waals surface area (Å²) in [6.07, 6.45) is 3.71. The van der Waals surface area contributed by atoms with Crippen LogP contribution in [-0.4, -0.2) is 30.6 Å². The fraction of sp³-hybridized carbons (Fsp3) is 1.00. The molecular weight excluding hydrogens is 148 g/mol.